The fourth-order valence-electron chi connectivity index (χ4n) is 5.59. The van der Waals surface area contributed by atoms with Gasteiger partial charge in [-0.3, -0.25) is 4.57 Å². The number of fused-ring (bicyclic) bond motifs is 6. The van der Waals surface area contributed by atoms with E-state index in [9.17, 15) is 5.11 Å². The second-order valence-electron chi connectivity index (χ2n) is 9.51. The first kappa shape index (κ1) is 20.8. The number of nitrogens with zero attached hydrogens (tertiary/aromatic N) is 6. The minimum Gasteiger partial charge on any atom is -0.493 e. The van der Waals surface area contributed by atoms with Crippen LogP contribution < -0.4 is 9.64 Å². The van der Waals surface area contributed by atoms with Gasteiger partial charge in [-0.25, -0.2) is 19.9 Å². The molecule has 0 aliphatic carbocycles. The van der Waals surface area contributed by atoms with Crippen LogP contribution in [-0.4, -0.2) is 62.0 Å². The highest BCUT2D eigenvalue weighted by Crippen LogP contribution is 2.44. The third-order valence-corrected chi connectivity index (χ3v) is 7.42. The lowest BCUT2D eigenvalue weighted by atomic mass is 9.84. The molecule has 6 heterocycles. The first-order valence-electron chi connectivity index (χ1n) is 12.2. The Balaban J connectivity index is 1.30. The van der Waals surface area contributed by atoms with Gasteiger partial charge < -0.3 is 19.5 Å². The van der Waals surface area contributed by atoms with Crippen LogP contribution in [0.25, 0.3) is 22.4 Å². The summed E-state index contributed by atoms with van der Waals surface area (Å²) in [5.74, 6) is 2.47. The van der Waals surface area contributed by atoms with Crippen molar-refractivity contribution < 1.29 is 14.6 Å². The minimum atomic E-state index is -0.401. The Morgan fingerprint density at radius 1 is 1.00 bits per heavy atom. The van der Waals surface area contributed by atoms with Gasteiger partial charge in [0, 0.05) is 43.0 Å². The first-order chi connectivity index (χ1) is 17.2. The molecule has 4 aromatic rings. The average molecular weight is 471 g/mol. The van der Waals surface area contributed by atoms with Crippen LogP contribution in [0.15, 0.2) is 48.8 Å². The van der Waals surface area contributed by atoms with E-state index >= 15 is 0 Å². The van der Waals surface area contributed by atoms with Gasteiger partial charge in [0.25, 0.3) is 0 Å². The van der Waals surface area contributed by atoms with E-state index in [-0.39, 0.29) is 6.10 Å². The molecule has 35 heavy (non-hydrogen) atoms. The summed E-state index contributed by atoms with van der Waals surface area (Å²) in [5.41, 5.74) is 4.06. The molecular formula is C26H26N6O3. The summed E-state index contributed by atoms with van der Waals surface area (Å²) < 4.78 is 14.3. The van der Waals surface area contributed by atoms with Gasteiger partial charge in [-0.05, 0) is 31.0 Å². The van der Waals surface area contributed by atoms with Crippen molar-refractivity contribution in [2.45, 2.75) is 37.5 Å². The molecule has 7 rings (SSSR count). The van der Waals surface area contributed by atoms with Crippen LogP contribution in [0.2, 0.25) is 0 Å². The van der Waals surface area contributed by atoms with E-state index in [1.165, 1.54) is 0 Å². The molecule has 1 atom stereocenters. The highest BCUT2D eigenvalue weighted by molar-refractivity contribution is 5.77. The van der Waals surface area contributed by atoms with Crippen LogP contribution in [0.4, 0.5) is 5.95 Å². The predicted octanol–water partition coefficient (Wildman–Crippen LogP) is 2.91. The summed E-state index contributed by atoms with van der Waals surface area (Å²) in [6.45, 7) is 3.16. The van der Waals surface area contributed by atoms with Crippen molar-refractivity contribution in [3.63, 3.8) is 0 Å². The van der Waals surface area contributed by atoms with Crippen molar-refractivity contribution in [2.75, 3.05) is 31.2 Å². The molecule has 3 aromatic heterocycles. The largest absolute Gasteiger partial charge is 0.493 e. The number of imidazole rings is 1. The molecule has 1 spiro atoms. The molecule has 1 unspecified atom stereocenters. The molecule has 0 saturated carbocycles. The number of para-hydroxylation sites is 1. The SMILES string of the molecule is OC1CCN(c2ncc(-c3ccc4nc5n(c4n3)C3(CCOc4ccccc43)COC5)cn2)CC1. The van der Waals surface area contributed by atoms with Gasteiger partial charge in [-0.1, -0.05) is 18.2 Å². The number of piperidine rings is 1. The summed E-state index contributed by atoms with van der Waals surface area (Å²) in [6, 6.07) is 12.2. The van der Waals surface area contributed by atoms with Gasteiger partial charge in [-0.15, -0.1) is 0 Å². The maximum absolute atomic E-state index is 9.77. The van der Waals surface area contributed by atoms with Gasteiger partial charge >= 0.3 is 0 Å². The molecule has 1 saturated heterocycles. The fourth-order valence-corrected chi connectivity index (χ4v) is 5.59. The predicted molar refractivity (Wildman–Crippen MR) is 129 cm³/mol. The highest BCUT2D eigenvalue weighted by Gasteiger charge is 2.45. The zero-order chi connectivity index (χ0) is 23.4. The fraction of sp³-hybridized carbons (Fsp3) is 0.385. The molecule has 0 radical (unpaired) electrons. The number of rotatable bonds is 2. The summed E-state index contributed by atoms with van der Waals surface area (Å²) >= 11 is 0. The lowest BCUT2D eigenvalue weighted by molar-refractivity contribution is 0.00399. The van der Waals surface area contributed by atoms with E-state index in [2.05, 4.69) is 25.5 Å². The quantitative estimate of drug-likeness (QED) is 0.478. The number of aliphatic hydroxyl groups excluding tert-OH is 1. The number of aliphatic hydroxyl groups is 1. The van der Waals surface area contributed by atoms with Crippen LogP contribution in [0.3, 0.4) is 0 Å². The number of hydrogen-bond acceptors (Lipinski definition) is 8. The normalized spacial score (nSPS) is 22.1. The third kappa shape index (κ3) is 3.30. The number of benzene rings is 1. The zero-order valence-corrected chi connectivity index (χ0v) is 19.3. The maximum Gasteiger partial charge on any atom is 0.225 e. The van der Waals surface area contributed by atoms with Gasteiger partial charge in [0.15, 0.2) is 5.65 Å². The average Bonchev–Trinajstić information content (AvgIpc) is 3.29. The van der Waals surface area contributed by atoms with Gasteiger partial charge in [0.05, 0.1) is 25.0 Å². The first-order valence-corrected chi connectivity index (χ1v) is 12.2. The summed E-state index contributed by atoms with van der Waals surface area (Å²) in [6.07, 6.45) is 5.72. The number of aromatic nitrogens is 5. The monoisotopic (exact) mass is 470 g/mol. The Morgan fingerprint density at radius 3 is 2.69 bits per heavy atom. The Bertz CT molecular complexity index is 1390. The Labute approximate surface area is 202 Å². The van der Waals surface area contributed by atoms with Crippen molar-refractivity contribution in [1.29, 1.82) is 0 Å². The standard InChI is InChI=1S/C26H26N6O3/c33-18-7-10-31(11-8-18)25-27-13-17(14-28-25)20-5-6-21-24(30-20)32-23(29-21)15-34-16-26(32)9-12-35-22-4-2-1-3-19(22)26/h1-6,13-14,18,33H,7-12,15-16H2. The van der Waals surface area contributed by atoms with E-state index in [0.717, 1.165) is 71.9 Å². The molecule has 0 amide bonds. The summed E-state index contributed by atoms with van der Waals surface area (Å²) in [7, 11) is 0. The Hall–Kier alpha value is -3.56. The molecule has 1 fully saturated rings. The van der Waals surface area contributed by atoms with Crippen LogP contribution in [0.1, 0.15) is 30.7 Å². The van der Waals surface area contributed by atoms with Crippen LogP contribution in [0.5, 0.6) is 5.75 Å². The van der Waals surface area contributed by atoms with Crippen molar-refractivity contribution in [2.24, 2.45) is 0 Å². The molecule has 0 bridgehead atoms. The lowest BCUT2D eigenvalue weighted by Gasteiger charge is -2.43. The van der Waals surface area contributed by atoms with E-state index in [1.54, 1.807) is 0 Å². The lowest BCUT2D eigenvalue weighted by Crippen LogP contribution is -2.47. The van der Waals surface area contributed by atoms with Crippen LogP contribution in [0, 0.1) is 0 Å². The summed E-state index contributed by atoms with van der Waals surface area (Å²) in [5, 5.41) is 9.77. The molecular weight excluding hydrogens is 444 g/mol. The number of ether oxygens (including phenoxy) is 2. The zero-order valence-electron chi connectivity index (χ0n) is 19.3. The van der Waals surface area contributed by atoms with Gasteiger partial charge in [-0.2, -0.15) is 0 Å². The topological polar surface area (TPSA) is 98.4 Å². The van der Waals surface area contributed by atoms with E-state index < -0.39 is 5.54 Å². The van der Waals surface area contributed by atoms with Gasteiger partial charge in [0.1, 0.15) is 29.2 Å². The highest BCUT2D eigenvalue weighted by atomic mass is 16.5. The maximum atomic E-state index is 9.77. The summed E-state index contributed by atoms with van der Waals surface area (Å²) in [4.78, 5) is 21.3. The van der Waals surface area contributed by atoms with Crippen LogP contribution >= 0.6 is 0 Å². The molecule has 3 aliphatic heterocycles. The van der Waals surface area contributed by atoms with Crippen molar-refractivity contribution in [3.8, 4) is 17.0 Å². The molecule has 9 nitrogen and oxygen atoms in total. The number of pyridine rings is 1. The third-order valence-electron chi connectivity index (χ3n) is 7.42. The molecule has 1 aromatic carbocycles. The van der Waals surface area contributed by atoms with Crippen LogP contribution in [-0.2, 0) is 16.9 Å². The smallest absolute Gasteiger partial charge is 0.225 e. The van der Waals surface area contributed by atoms with E-state index in [4.69, 9.17) is 19.4 Å². The van der Waals surface area contributed by atoms with E-state index in [1.807, 2.05) is 42.7 Å². The van der Waals surface area contributed by atoms with Crippen molar-refractivity contribution in [3.05, 3.63) is 60.2 Å². The number of hydrogen-bond donors (Lipinski definition) is 1. The van der Waals surface area contributed by atoms with Gasteiger partial charge in [0.2, 0.25) is 5.95 Å². The van der Waals surface area contributed by atoms with Crippen molar-refractivity contribution in [1.82, 2.24) is 24.5 Å². The molecule has 3 aliphatic rings. The van der Waals surface area contributed by atoms with E-state index in [0.29, 0.717) is 25.8 Å². The Kier molecular flexibility index (Phi) is 4.75. The molecule has 1 N–H and O–H groups in total. The van der Waals surface area contributed by atoms with Crippen molar-refractivity contribution >= 4 is 17.1 Å². The minimum absolute atomic E-state index is 0.223. The molecule has 178 valence electrons. The molecule has 9 heteroatoms. The Morgan fingerprint density at radius 2 is 1.83 bits per heavy atom. The second kappa shape index (κ2) is 8.00. The second-order valence-corrected chi connectivity index (χ2v) is 9.51. The number of anilines is 1.